The second-order valence-electron chi connectivity index (χ2n) is 8.96. The summed E-state index contributed by atoms with van der Waals surface area (Å²) in [6, 6.07) is 7.45. The highest BCUT2D eigenvalue weighted by Gasteiger charge is 2.51. The van der Waals surface area contributed by atoms with Crippen LogP contribution in [-0.4, -0.2) is 44.6 Å². The van der Waals surface area contributed by atoms with Crippen LogP contribution in [0.4, 0.5) is 10.5 Å². The minimum Gasteiger partial charge on any atom is -0.491 e. The Hall–Kier alpha value is -1.79. The van der Waals surface area contributed by atoms with E-state index in [1.165, 1.54) is 19.3 Å². The van der Waals surface area contributed by atoms with E-state index in [0.29, 0.717) is 33.0 Å². The van der Waals surface area contributed by atoms with Crippen LogP contribution in [-0.2, 0) is 9.47 Å². The van der Waals surface area contributed by atoms with Crippen molar-refractivity contribution in [1.29, 1.82) is 0 Å². The Morgan fingerprint density at radius 3 is 2.34 bits per heavy atom. The van der Waals surface area contributed by atoms with Gasteiger partial charge in [0.25, 0.3) is 0 Å². The summed E-state index contributed by atoms with van der Waals surface area (Å²) >= 11 is 0. The van der Waals surface area contributed by atoms with Crippen LogP contribution >= 0.6 is 0 Å². The summed E-state index contributed by atoms with van der Waals surface area (Å²) in [6.07, 6.45) is 7.57. The van der Waals surface area contributed by atoms with E-state index >= 15 is 0 Å². The molecule has 0 radical (unpaired) electrons. The number of hydrogen-bond donors (Lipinski definition) is 2. The van der Waals surface area contributed by atoms with E-state index < -0.39 is 0 Å². The lowest BCUT2D eigenvalue weighted by atomic mass is 9.53. The van der Waals surface area contributed by atoms with Gasteiger partial charge in [-0.2, -0.15) is 0 Å². The van der Waals surface area contributed by atoms with E-state index in [2.05, 4.69) is 10.6 Å². The number of ether oxygens (including phenoxy) is 3. The molecular formula is C23H34N2O4. The highest BCUT2D eigenvalue weighted by atomic mass is 16.5. The number of amides is 2. The number of benzene rings is 1. The lowest BCUT2D eigenvalue weighted by Gasteiger charge is -2.56. The third-order valence-corrected chi connectivity index (χ3v) is 6.58. The molecule has 4 bridgehead atoms. The first-order chi connectivity index (χ1) is 14.1. The largest absolute Gasteiger partial charge is 0.491 e. The van der Waals surface area contributed by atoms with Crippen molar-refractivity contribution in [2.24, 2.45) is 17.8 Å². The number of nitrogens with one attached hydrogen (secondary N) is 2. The highest BCUT2D eigenvalue weighted by Crippen LogP contribution is 2.55. The number of carbonyl (C=O) groups excluding carboxylic acids is 1. The summed E-state index contributed by atoms with van der Waals surface area (Å²) in [7, 11) is 0. The molecule has 0 spiro atoms. The fraction of sp³-hybridized carbons (Fsp3) is 0.696. The summed E-state index contributed by atoms with van der Waals surface area (Å²) in [5.41, 5.74) is 0.771. The molecule has 0 unspecified atom stereocenters. The Morgan fingerprint density at radius 2 is 1.66 bits per heavy atom. The van der Waals surface area contributed by atoms with Gasteiger partial charge in [-0.25, -0.2) is 4.79 Å². The standard InChI is InChI=1S/C23H34N2O4/c1-2-27-6-7-28-8-9-29-21-5-3-4-20(13-21)24-22(26)25-23-14-17-10-18(15-23)12-19(11-17)16-23/h3-5,13,17-19H,2,6-12,14-16H2,1H3,(H2,24,25,26). The Labute approximate surface area is 173 Å². The molecule has 6 heteroatoms. The number of anilines is 1. The molecule has 0 heterocycles. The molecule has 4 aliphatic carbocycles. The van der Waals surface area contributed by atoms with Crippen molar-refractivity contribution in [3.05, 3.63) is 24.3 Å². The van der Waals surface area contributed by atoms with Gasteiger partial charge in [-0.15, -0.1) is 0 Å². The third-order valence-electron chi connectivity index (χ3n) is 6.58. The normalized spacial score (nSPS) is 29.6. The number of carbonyl (C=O) groups is 1. The smallest absolute Gasteiger partial charge is 0.319 e. The molecule has 4 fully saturated rings. The van der Waals surface area contributed by atoms with Gasteiger partial charge in [-0.3, -0.25) is 0 Å². The van der Waals surface area contributed by atoms with Gasteiger partial charge >= 0.3 is 6.03 Å². The number of urea groups is 1. The number of rotatable bonds is 10. The first-order valence-corrected chi connectivity index (χ1v) is 11.1. The summed E-state index contributed by atoms with van der Waals surface area (Å²) in [5.74, 6) is 3.17. The van der Waals surface area contributed by atoms with E-state index in [1.54, 1.807) is 0 Å². The average Bonchev–Trinajstić information content (AvgIpc) is 2.66. The average molecular weight is 403 g/mol. The minimum atomic E-state index is -0.0941. The van der Waals surface area contributed by atoms with Gasteiger partial charge in [0.15, 0.2) is 0 Å². The van der Waals surface area contributed by atoms with Crippen LogP contribution in [0.5, 0.6) is 5.75 Å². The zero-order chi connectivity index (χ0) is 20.1. The van der Waals surface area contributed by atoms with E-state index in [1.807, 2.05) is 31.2 Å². The molecule has 160 valence electrons. The topological polar surface area (TPSA) is 68.8 Å². The summed E-state index contributed by atoms with van der Waals surface area (Å²) in [6.45, 7) is 4.83. The fourth-order valence-corrected chi connectivity index (χ4v) is 5.91. The van der Waals surface area contributed by atoms with Crippen molar-refractivity contribution in [2.75, 3.05) is 38.4 Å². The molecule has 0 aliphatic heterocycles. The summed E-state index contributed by atoms with van der Waals surface area (Å²) in [4.78, 5) is 12.7. The second kappa shape index (κ2) is 9.35. The molecule has 0 atom stereocenters. The molecule has 6 nitrogen and oxygen atoms in total. The Kier molecular flexibility index (Phi) is 6.60. The summed E-state index contributed by atoms with van der Waals surface area (Å²) in [5, 5.41) is 6.35. The zero-order valence-corrected chi connectivity index (χ0v) is 17.5. The van der Waals surface area contributed by atoms with Crippen LogP contribution in [0.15, 0.2) is 24.3 Å². The van der Waals surface area contributed by atoms with Crippen LogP contribution in [0.3, 0.4) is 0 Å². The summed E-state index contributed by atoms with van der Waals surface area (Å²) < 4.78 is 16.4. The lowest BCUT2D eigenvalue weighted by molar-refractivity contribution is -0.0127. The van der Waals surface area contributed by atoms with Gasteiger partial charge in [0.1, 0.15) is 12.4 Å². The van der Waals surface area contributed by atoms with Crippen molar-refractivity contribution < 1.29 is 19.0 Å². The van der Waals surface area contributed by atoms with Crippen molar-refractivity contribution in [3.8, 4) is 5.75 Å². The highest BCUT2D eigenvalue weighted by molar-refractivity contribution is 5.90. The molecule has 1 aromatic rings. The molecule has 0 aromatic heterocycles. The van der Waals surface area contributed by atoms with Crippen molar-refractivity contribution in [2.45, 2.75) is 51.0 Å². The maximum absolute atomic E-state index is 12.7. The van der Waals surface area contributed by atoms with Gasteiger partial charge in [-0.1, -0.05) is 6.07 Å². The van der Waals surface area contributed by atoms with Crippen molar-refractivity contribution in [1.82, 2.24) is 5.32 Å². The quantitative estimate of drug-likeness (QED) is 0.575. The van der Waals surface area contributed by atoms with Gasteiger partial charge in [0.2, 0.25) is 0 Å². The van der Waals surface area contributed by atoms with Crippen molar-refractivity contribution >= 4 is 11.7 Å². The maximum atomic E-state index is 12.7. The van der Waals surface area contributed by atoms with Crippen LogP contribution in [0.25, 0.3) is 0 Å². The monoisotopic (exact) mass is 402 g/mol. The molecular weight excluding hydrogens is 368 g/mol. The SMILES string of the molecule is CCOCCOCCOc1cccc(NC(=O)NC23CC4CC(CC(C4)C2)C3)c1. The van der Waals surface area contributed by atoms with Gasteiger partial charge < -0.3 is 24.8 Å². The maximum Gasteiger partial charge on any atom is 0.319 e. The molecule has 1 aromatic carbocycles. The predicted octanol–water partition coefficient (Wildman–Crippen LogP) is 4.21. The van der Waals surface area contributed by atoms with Crippen LogP contribution in [0.1, 0.15) is 45.4 Å². The van der Waals surface area contributed by atoms with Crippen LogP contribution in [0, 0.1) is 17.8 Å². The molecule has 4 saturated carbocycles. The van der Waals surface area contributed by atoms with E-state index in [9.17, 15) is 4.79 Å². The predicted molar refractivity (Wildman–Crippen MR) is 112 cm³/mol. The van der Waals surface area contributed by atoms with Crippen LogP contribution < -0.4 is 15.4 Å². The number of hydrogen-bond acceptors (Lipinski definition) is 4. The molecule has 2 N–H and O–H groups in total. The molecule has 2 amide bonds. The fourth-order valence-electron chi connectivity index (χ4n) is 5.91. The Morgan fingerprint density at radius 1 is 1.00 bits per heavy atom. The van der Waals surface area contributed by atoms with E-state index in [4.69, 9.17) is 14.2 Å². The molecule has 0 saturated heterocycles. The second-order valence-corrected chi connectivity index (χ2v) is 8.96. The van der Waals surface area contributed by atoms with E-state index in [-0.39, 0.29) is 11.6 Å². The van der Waals surface area contributed by atoms with Crippen LogP contribution in [0.2, 0.25) is 0 Å². The minimum absolute atomic E-state index is 0.0196. The van der Waals surface area contributed by atoms with Gasteiger partial charge in [0.05, 0.1) is 19.8 Å². The van der Waals surface area contributed by atoms with E-state index in [0.717, 1.165) is 48.5 Å². The third kappa shape index (κ3) is 5.43. The zero-order valence-electron chi connectivity index (χ0n) is 17.5. The first kappa shape index (κ1) is 20.5. The molecule has 29 heavy (non-hydrogen) atoms. The lowest BCUT2D eigenvalue weighted by Crippen LogP contribution is -2.60. The molecule has 4 aliphatic rings. The molecule has 5 rings (SSSR count). The Bertz CT molecular complexity index is 658. The van der Waals surface area contributed by atoms with Gasteiger partial charge in [0, 0.05) is 23.9 Å². The Balaban J connectivity index is 1.22. The first-order valence-electron chi connectivity index (χ1n) is 11.1. The van der Waals surface area contributed by atoms with Gasteiger partial charge in [-0.05, 0) is 75.3 Å². The van der Waals surface area contributed by atoms with Crippen molar-refractivity contribution in [3.63, 3.8) is 0 Å².